The molecule has 0 spiro atoms. The topological polar surface area (TPSA) is 36.4 Å². The minimum atomic E-state index is -0.139. The van der Waals surface area contributed by atoms with E-state index in [1.165, 1.54) is 24.7 Å². The molecule has 1 fully saturated rings. The predicted octanol–water partition coefficient (Wildman–Crippen LogP) is 3.05. The van der Waals surface area contributed by atoms with E-state index < -0.39 is 0 Å². The Kier molecular flexibility index (Phi) is 9.07. The highest BCUT2D eigenvalue weighted by Gasteiger charge is 2.15. The number of benzene rings is 1. The fraction of sp³-hybridized carbons (Fsp3) is 0.533. The summed E-state index contributed by atoms with van der Waals surface area (Å²) in [6.07, 6.45) is 3.26. The van der Waals surface area contributed by atoms with Crippen molar-refractivity contribution >= 4 is 41.7 Å². The summed E-state index contributed by atoms with van der Waals surface area (Å²) in [6, 6.07) is 6.90. The van der Waals surface area contributed by atoms with Crippen LogP contribution in [-0.4, -0.2) is 37.1 Å². The first-order chi connectivity index (χ1) is 9.79. The fourth-order valence-electron chi connectivity index (χ4n) is 2.25. The molecule has 1 unspecified atom stereocenters. The number of guanidine groups is 1. The molecule has 21 heavy (non-hydrogen) atoms. The van der Waals surface area contributed by atoms with Gasteiger partial charge < -0.3 is 10.6 Å². The largest absolute Gasteiger partial charge is 0.356 e. The summed E-state index contributed by atoms with van der Waals surface area (Å²) in [4.78, 5) is 4.19. The van der Waals surface area contributed by atoms with Crippen LogP contribution in [0.15, 0.2) is 29.3 Å². The van der Waals surface area contributed by atoms with E-state index in [0.717, 1.165) is 18.1 Å². The highest BCUT2D eigenvalue weighted by Crippen LogP contribution is 2.25. The summed E-state index contributed by atoms with van der Waals surface area (Å²) < 4.78 is 13.5. The van der Waals surface area contributed by atoms with E-state index >= 15 is 0 Å². The molecule has 0 bridgehead atoms. The van der Waals surface area contributed by atoms with Crippen LogP contribution in [0, 0.1) is 5.82 Å². The SMILES string of the molecule is CN=C(NCCc1ccccc1F)NCC1CCCS1.I. The number of thioether (sulfide) groups is 1. The molecule has 1 atom stereocenters. The van der Waals surface area contributed by atoms with Crippen LogP contribution in [0.3, 0.4) is 0 Å². The van der Waals surface area contributed by atoms with Gasteiger partial charge in [0.15, 0.2) is 5.96 Å². The molecular formula is C15H23FIN3S. The Morgan fingerprint density at radius 2 is 2.19 bits per heavy atom. The highest BCUT2D eigenvalue weighted by molar-refractivity contribution is 14.0. The van der Waals surface area contributed by atoms with Crippen LogP contribution in [0.5, 0.6) is 0 Å². The van der Waals surface area contributed by atoms with Crippen molar-refractivity contribution in [1.82, 2.24) is 10.6 Å². The Hall–Kier alpha value is -0.500. The van der Waals surface area contributed by atoms with E-state index in [4.69, 9.17) is 0 Å². The number of halogens is 2. The van der Waals surface area contributed by atoms with Crippen LogP contribution >= 0.6 is 35.7 Å². The first-order valence-corrected chi connectivity index (χ1v) is 8.14. The number of hydrogen-bond acceptors (Lipinski definition) is 2. The number of rotatable bonds is 5. The van der Waals surface area contributed by atoms with Crippen molar-refractivity contribution in [2.75, 3.05) is 25.9 Å². The molecule has 2 rings (SSSR count). The normalized spacial score (nSPS) is 18.2. The average Bonchev–Trinajstić information content (AvgIpc) is 2.98. The molecule has 1 aromatic rings. The number of nitrogens with zero attached hydrogens (tertiary/aromatic N) is 1. The van der Waals surface area contributed by atoms with E-state index in [-0.39, 0.29) is 29.8 Å². The van der Waals surface area contributed by atoms with Crippen LogP contribution in [0.2, 0.25) is 0 Å². The van der Waals surface area contributed by atoms with Crippen molar-refractivity contribution in [1.29, 1.82) is 0 Å². The Balaban J connectivity index is 0.00000220. The molecule has 1 heterocycles. The lowest BCUT2D eigenvalue weighted by Gasteiger charge is -2.14. The average molecular weight is 423 g/mol. The Morgan fingerprint density at radius 1 is 1.38 bits per heavy atom. The second-order valence-corrected chi connectivity index (χ2v) is 6.26. The maximum Gasteiger partial charge on any atom is 0.191 e. The minimum absolute atomic E-state index is 0. The molecule has 0 amide bonds. The summed E-state index contributed by atoms with van der Waals surface area (Å²) in [6.45, 7) is 1.63. The van der Waals surface area contributed by atoms with Crippen molar-refractivity contribution < 1.29 is 4.39 Å². The molecule has 1 saturated heterocycles. The molecule has 0 radical (unpaired) electrons. The number of nitrogens with one attached hydrogen (secondary N) is 2. The van der Waals surface area contributed by atoms with Gasteiger partial charge in [0, 0.05) is 25.4 Å². The lowest BCUT2D eigenvalue weighted by atomic mass is 10.1. The van der Waals surface area contributed by atoms with Gasteiger partial charge >= 0.3 is 0 Å². The molecule has 1 aromatic carbocycles. The van der Waals surface area contributed by atoms with E-state index in [9.17, 15) is 4.39 Å². The summed E-state index contributed by atoms with van der Waals surface area (Å²) in [5.74, 6) is 1.93. The molecule has 2 N–H and O–H groups in total. The van der Waals surface area contributed by atoms with Gasteiger partial charge in [-0.3, -0.25) is 4.99 Å². The van der Waals surface area contributed by atoms with Crippen LogP contribution in [0.1, 0.15) is 18.4 Å². The van der Waals surface area contributed by atoms with E-state index in [0.29, 0.717) is 18.2 Å². The first kappa shape index (κ1) is 18.5. The quantitative estimate of drug-likeness (QED) is 0.434. The monoisotopic (exact) mass is 423 g/mol. The molecular weight excluding hydrogens is 400 g/mol. The maximum atomic E-state index is 13.5. The molecule has 1 aliphatic heterocycles. The zero-order valence-corrected chi connectivity index (χ0v) is 15.4. The van der Waals surface area contributed by atoms with Gasteiger partial charge in [-0.05, 0) is 36.6 Å². The lowest BCUT2D eigenvalue weighted by Crippen LogP contribution is -2.40. The molecule has 1 aliphatic rings. The van der Waals surface area contributed by atoms with Gasteiger partial charge in [-0.25, -0.2) is 4.39 Å². The second-order valence-electron chi connectivity index (χ2n) is 4.86. The molecule has 3 nitrogen and oxygen atoms in total. The number of hydrogen-bond donors (Lipinski definition) is 2. The predicted molar refractivity (Wildman–Crippen MR) is 100 cm³/mol. The molecule has 6 heteroatoms. The van der Waals surface area contributed by atoms with Gasteiger partial charge in [-0.15, -0.1) is 24.0 Å². The fourth-order valence-corrected chi connectivity index (χ4v) is 3.45. The third kappa shape index (κ3) is 6.42. The van der Waals surface area contributed by atoms with Crippen molar-refractivity contribution in [3.63, 3.8) is 0 Å². The summed E-state index contributed by atoms with van der Waals surface area (Å²) >= 11 is 2.02. The van der Waals surface area contributed by atoms with Gasteiger partial charge in [0.1, 0.15) is 5.82 Å². The van der Waals surface area contributed by atoms with Gasteiger partial charge in [0.25, 0.3) is 0 Å². The first-order valence-electron chi connectivity index (χ1n) is 7.09. The van der Waals surface area contributed by atoms with Crippen molar-refractivity contribution in [3.8, 4) is 0 Å². The zero-order chi connectivity index (χ0) is 14.2. The third-order valence-corrected chi connectivity index (χ3v) is 4.79. The smallest absolute Gasteiger partial charge is 0.191 e. The molecule has 118 valence electrons. The van der Waals surface area contributed by atoms with Crippen LogP contribution < -0.4 is 10.6 Å². The molecule has 0 aliphatic carbocycles. The number of aliphatic imine (C=N–C) groups is 1. The van der Waals surface area contributed by atoms with Gasteiger partial charge in [-0.1, -0.05) is 18.2 Å². The Bertz CT molecular complexity index is 450. The standard InChI is InChI=1S/C15H22FN3S.HI/c1-17-15(19-11-13-6-4-10-20-13)18-9-8-12-5-2-3-7-14(12)16;/h2-3,5,7,13H,4,6,8-11H2,1H3,(H2,17,18,19);1H. The van der Waals surface area contributed by atoms with Crippen molar-refractivity contribution in [2.24, 2.45) is 4.99 Å². The maximum absolute atomic E-state index is 13.5. The van der Waals surface area contributed by atoms with E-state index in [2.05, 4.69) is 15.6 Å². The van der Waals surface area contributed by atoms with Crippen LogP contribution in [0.4, 0.5) is 4.39 Å². The van der Waals surface area contributed by atoms with Crippen molar-refractivity contribution in [3.05, 3.63) is 35.6 Å². The third-order valence-electron chi connectivity index (χ3n) is 3.39. The minimum Gasteiger partial charge on any atom is -0.356 e. The van der Waals surface area contributed by atoms with Gasteiger partial charge in [0.05, 0.1) is 0 Å². The lowest BCUT2D eigenvalue weighted by molar-refractivity contribution is 0.606. The molecule has 0 saturated carbocycles. The summed E-state index contributed by atoms with van der Waals surface area (Å²) in [5, 5.41) is 7.26. The van der Waals surface area contributed by atoms with Crippen molar-refractivity contribution in [2.45, 2.75) is 24.5 Å². The highest BCUT2D eigenvalue weighted by atomic mass is 127. The Labute approximate surface area is 147 Å². The van der Waals surface area contributed by atoms with Crippen LogP contribution in [0.25, 0.3) is 0 Å². The van der Waals surface area contributed by atoms with E-state index in [1.807, 2.05) is 23.9 Å². The van der Waals surface area contributed by atoms with Gasteiger partial charge in [0.2, 0.25) is 0 Å². The van der Waals surface area contributed by atoms with E-state index in [1.54, 1.807) is 13.1 Å². The Morgan fingerprint density at radius 3 is 2.86 bits per heavy atom. The second kappa shape index (κ2) is 10.3. The van der Waals surface area contributed by atoms with Gasteiger partial charge in [-0.2, -0.15) is 11.8 Å². The summed E-state index contributed by atoms with van der Waals surface area (Å²) in [7, 11) is 1.76. The molecule has 0 aromatic heterocycles. The zero-order valence-electron chi connectivity index (χ0n) is 12.3. The summed E-state index contributed by atoms with van der Waals surface area (Å²) in [5.41, 5.74) is 0.738. The van der Waals surface area contributed by atoms with Crippen LogP contribution in [-0.2, 0) is 6.42 Å².